The van der Waals surface area contributed by atoms with Crippen LogP contribution >= 0.6 is 11.3 Å². The molecule has 0 fully saturated rings. The minimum absolute atomic E-state index is 0.376. The minimum Gasteiger partial charge on any atom is -0.312 e. The zero-order valence-electron chi connectivity index (χ0n) is 12.3. The molecule has 3 aromatic rings. The van der Waals surface area contributed by atoms with E-state index in [1.54, 1.807) is 29.7 Å². The second kappa shape index (κ2) is 7.47. The van der Waals surface area contributed by atoms with E-state index in [1.807, 2.05) is 47.8 Å². The van der Waals surface area contributed by atoms with Crippen LogP contribution in [0.3, 0.4) is 0 Å². The summed E-state index contributed by atoms with van der Waals surface area (Å²) in [6, 6.07) is 17.2. The van der Waals surface area contributed by atoms with Gasteiger partial charge < -0.3 is 4.84 Å². The van der Waals surface area contributed by atoms with Crippen LogP contribution in [0.2, 0.25) is 0 Å². The predicted octanol–water partition coefficient (Wildman–Crippen LogP) is 3.95. The van der Waals surface area contributed by atoms with Gasteiger partial charge in [0.1, 0.15) is 5.71 Å². The van der Waals surface area contributed by atoms with Crippen molar-refractivity contribution in [2.75, 3.05) is 0 Å². The van der Waals surface area contributed by atoms with Crippen LogP contribution in [0.1, 0.15) is 20.8 Å². The number of aromatic nitrogens is 1. The molecule has 2 heterocycles. The zero-order valence-corrected chi connectivity index (χ0v) is 13.1. The lowest BCUT2D eigenvalue weighted by Gasteiger charge is -2.04. The standard InChI is InChI=1S/C18H14N2O2S/c21-18(15-8-4-10-19-13-15)22-20-16(17-9-5-11-23-17)12-14-6-2-1-3-7-14/h1-11,13H,12H2/b20-16+. The molecule has 0 spiro atoms. The van der Waals surface area contributed by atoms with E-state index in [-0.39, 0.29) is 0 Å². The van der Waals surface area contributed by atoms with Crippen LogP contribution in [0.4, 0.5) is 0 Å². The Morgan fingerprint density at radius 1 is 1.09 bits per heavy atom. The van der Waals surface area contributed by atoms with Crippen molar-refractivity contribution in [3.63, 3.8) is 0 Å². The third kappa shape index (κ3) is 4.11. The van der Waals surface area contributed by atoms with Crippen molar-refractivity contribution in [1.82, 2.24) is 4.98 Å². The van der Waals surface area contributed by atoms with Crippen molar-refractivity contribution < 1.29 is 9.63 Å². The summed E-state index contributed by atoms with van der Waals surface area (Å²) in [5, 5.41) is 6.06. The monoisotopic (exact) mass is 322 g/mol. The largest absolute Gasteiger partial charge is 0.367 e. The Kier molecular flexibility index (Phi) is 4.91. The molecule has 2 aromatic heterocycles. The summed E-state index contributed by atoms with van der Waals surface area (Å²) in [6.07, 6.45) is 3.66. The van der Waals surface area contributed by atoms with E-state index in [2.05, 4.69) is 10.1 Å². The Morgan fingerprint density at radius 2 is 1.96 bits per heavy atom. The highest BCUT2D eigenvalue weighted by Crippen LogP contribution is 2.15. The maximum Gasteiger partial charge on any atom is 0.367 e. The van der Waals surface area contributed by atoms with Crippen LogP contribution in [-0.2, 0) is 11.3 Å². The molecule has 0 saturated carbocycles. The van der Waals surface area contributed by atoms with Gasteiger partial charge in [0.05, 0.1) is 10.4 Å². The number of oxime groups is 1. The van der Waals surface area contributed by atoms with Gasteiger partial charge in [0.15, 0.2) is 0 Å². The van der Waals surface area contributed by atoms with Crippen LogP contribution in [0, 0.1) is 0 Å². The van der Waals surface area contributed by atoms with E-state index in [9.17, 15) is 4.79 Å². The number of rotatable bonds is 5. The Bertz CT molecular complexity index is 784. The zero-order chi connectivity index (χ0) is 15.9. The Morgan fingerprint density at radius 3 is 2.65 bits per heavy atom. The summed E-state index contributed by atoms with van der Waals surface area (Å²) >= 11 is 1.56. The van der Waals surface area contributed by atoms with Crippen LogP contribution in [-0.4, -0.2) is 16.7 Å². The fourth-order valence-electron chi connectivity index (χ4n) is 2.03. The van der Waals surface area contributed by atoms with Gasteiger partial charge in [0.2, 0.25) is 0 Å². The molecule has 5 heteroatoms. The first kappa shape index (κ1) is 15.1. The van der Waals surface area contributed by atoms with E-state index in [0.29, 0.717) is 12.0 Å². The van der Waals surface area contributed by atoms with Crippen molar-refractivity contribution in [3.05, 3.63) is 88.4 Å². The van der Waals surface area contributed by atoms with Gasteiger partial charge in [-0.3, -0.25) is 4.98 Å². The molecule has 0 aliphatic heterocycles. The average Bonchev–Trinajstić information content (AvgIpc) is 3.14. The molecule has 0 unspecified atom stereocenters. The van der Waals surface area contributed by atoms with Gasteiger partial charge >= 0.3 is 5.97 Å². The molecule has 0 aliphatic carbocycles. The highest BCUT2D eigenvalue weighted by molar-refractivity contribution is 7.12. The first-order valence-electron chi connectivity index (χ1n) is 7.09. The molecule has 23 heavy (non-hydrogen) atoms. The summed E-state index contributed by atoms with van der Waals surface area (Å²) in [5.74, 6) is -0.514. The Labute approximate surface area is 138 Å². The van der Waals surface area contributed by atoms with Crippen molar-refractivity contribution >= 4 is 23.0 Å². The maximum atomic E-state index is 12.0. The van der Waals surface area contributed by atoms with E-state index in [4.69, 9.17) is 4.84 Å². The molecule has 0 bridgehead atoms. The lowest BCUT2D eigenvalue weighted by molar-refractivity contribution is 0.0515. The molecule has 0 atom stereocenters. The molecule has 0 radical (unpaired) electrons. The number of benzene rings is 1. The smallest absolute Gasteiger partial charge is 0.312 e. The lowest BCUT2D eigenvalue weighted by atomic mass is 10.1. The summed E-state index contributed by atoms with van der Waals surface area (Å²) < 4.78 is 0. The number of carbonyl (C=O) groups excluding carboxylic acids is 1. The summed E-state index contributed by atoms with van der Waals surface area (Å²) in [5.41, 5.74) is 2.21. The topological polar surface area (TPSA) is 51.5 Å². The maximum absolute atomic E-state index is 12.0. The van der Waals surface area contributed by atoms with Crippen LogP contribution in [0.15, 0.2) is 77.5 Å². The average molecular weight is 322 g/mol. The number of hydrogen-bond donors (Lipinski definition) is 0. The first-order valence-corrected chi connectivity index (χ1v) is 7.97. The van der Waals surface area contributed by atoms with Gasteiger partial charge in [-0.2, -0.15) is 0 Å². The highest BCUT2D eigenvalue weighted by atomic mass is 32.1. The van der Waals surface area contributed by atoms with Crippen molar-refractivity contribution in [3.8, 4) is 0 Å². The molecule has 0 amide bonds. The SMILES string of the molecule is O=C(O/N=C(\Cc1ccccc1)c1cccs1)c1cccnc1. The molecular formula is C18H14N2O2S. The van der Waals surface area contributed by atoms with Gasteiger partial charge in [-0.25, -0.2) is 4.79 Å². The fourth-order valence-corrected chi connectivity index (χ4v) is 2.74. The second-order valence-corrected chi connectivity index (χ2v) is 5.75. The molecule has 1 aromatic carbocycles. The van der Waals surface area contributed by atoms with Crippen LogP contribution < -0.4 is 0 Å². The number of pyridine rings is 1. The molecule has 0 N–H and O–H groups in total. The lowest BCUT2D eigenvalue weighted by Crippen LogP contribution is -2.08. The van der Waals surface area contributed by atoms with E-state index >= 15 is 0 Å². The summed E-state index contributed by atoms with van der Waals surface area (Å²) in [6.45, 7) is 0. The Balaban J connectivity index is 1.79. The van der Waals surface area contributed by atoms with E-state index in [1.165, 1.54) is 6.20 Å². The third-order valence-electron chi connectivity index (χ3n) is 3.16. The molecule has 3 rings (SSSR count). The minimum atomic E-state index is -0.514. The van der Waals surface area contributed by atoms with Gasteiger partial charge in [0.25, 0.3) is 0 Å². The first-order chi connectivity index (χ1) is 11.3. The van der Waals surface area contributed by atoms with Crippen molar-refractivity contribution in [2.24, 2.45) is 5.16 Å². The molecule has 114 valence electrons. The number of nitrogens with zero attached hydrogens (tertiary/aromatic N) is 2. The molecule has 4 nitrogen and oxygen atoms in total. The van der Waals surface area contributed by atoms with Crippen molar-refractivity contribution in [2.45, 2.75) is 6.42 Å². The molecule has 0 saturated heterocycles. The van der Waals surface area contributed by atoms with E-state index < -0.39 is 5.97 Å². The number of hydrogen-bond acceptors (Lipinski definition) is 5. The summed E-state index contributed by atoms with van der Waals surface area (Å²) in [4.78, 5) is 22.0. The summed E-state index contributed by atoms with van der Waals surface area (Å²) in [7, 11) is 0. The fraction of sp³-hybridized carbons (Fsp3) is 0.0556. The van der Waals surface area contributed by atoms with Crippen LogP contribution in [0.25, 0.3) is 0 Å². The van der Waals surface area contributed by atoms with Gasteiger partial charge in [-0.05, 0) is 29.1 Å². The van der Waals surface area contributed by atoms with Gasteiger partial charge in [0, 0.05) is 18.8 Å². The van der Waals surface area contributed by atoms with E-state index in [0.717, 1.165) is 16.2 Å². The molecular weight excluding hydrogens is 308 g/mol. The molecule has 0 aliphatic rings. The quantitative estimate of drug-likeness (QED) is 0.406. The Hall–Kier alpha value is -2.79. The number of carbonyl (C=O) groups is 1. The number of thiophene rings is 1. The second-order valence-electron chi connectivity index (χ2n) is 4.80. The normalized spacial score (nSPS) is 11.2. The van der Waals surface area contributed by atoms with Gasteiger partial charge in [-0.1, -0.05) is 41.6 Å². The predicted molar refractivity (Wildman–Crippen MR) is 90.7 cm³/mol. The van der Waals surface area contributed by atoms with Crippen molar-refractivity contribution in [1.29, 1.82) is 0 Å². The third-order valence-corrected chi connectivity index (χ3v) is 4.07. The van der Waals surface area contributed by atoms with Crippen LogP contribution in [0.5, 0.6) is 0 Å². The highest BCUT2D eigenvalue weighted by Gasteiger charge is 2.11. The van der Waals surface area contributed by atoms with Gasteiger partial charge in [-0.15, -0.1) is 11.3 Å².